The Hall–Kier alpha value is -2.52. The molecule has 1 N–H and O–H groups in total. The summed E-state index contributed by atoms with van der Waals surface area (Å²) in [5.41, 5.74) is 0.381. The Morgan fingerprint density at radius 3 is 2.64 bits per heavy atom. The highest BCUT2D eigenvalue weighted by Crippen LogP contribution is 2.36. The molecule has 0 saturated heterocycles. The van der Waals surface area contributed by atoms with Gasteiger partial charge in [-0.25, -0.2) is 4.98 Å². The number of nitrogens with zero attached hydrogens (tertiary/aromatic N) is 2. The van der Waals surface area contributed by atoms with Crippen molar-refractivity contribution in [1.82, 2.24) is 9.97 Å². The van der Waals surface area contributed by atoms with Gasteiger partial charge in [0, 0.05) is 36.9 Å². The number of pyridine rings is 1. The van der Waals surface area contributed by atoms with Gasteiger partial charge in [0.1, 0.15) is 5.69 Å². The van der Waals surface area contributed by atoms with Gasteiger partial charge in [-0.15, -0.1) is 0 Å². The summed E-state index contributed by atoms with van der Waals surface area (Å²) in [5.74, 6) is 0.467. The minimum Gasteiger partial charge on any atom is -0.381 e. The molecule has 9 heteroatoms. The second-order valence-electron chi connectivity index (χ2n) is 8.16. The number of aromatic nitrogens is 2. The van der Waals surface area contributed by atoms with Crippen molar-refractivity contribution in [2.75, 3.05) is 18.5 Å². The zero-order valence-corrected chi connectivity index (χ0v) is 19.4. The maximum Gasteiger partial charge on any atom is 0.416 e. The minimum absolute atomic E-state index is 0.112. The zero-order valence-electron chi connectivity index (χ0n) is 18.6. The number of hydrogen-bond donors (Lipinski definition) is 1. The third-order valence-corrected chi connectivity index (χ3v) is 5.63. The van der Waals surface area contributed by atoms with E-state index in [0.29, 0.717) is 37.5 Å². The van der Waals surface area contributed by atoms with Crippen molar-refractivity contribution in [3.05, 3.63) is 59.0 Å². The van der Waals surface area contributed by atoms with Gasteiger partial charge >= 0.3 is 6.18 Å². The van der Waals surface area contributed by atoms with Crippen LogP contribution in [0, 0.1) is 11.0 Å². The highest BCUT2D eigenvalue weighted by Gasteiger charge is 2.33. The molecule has 0 aliphatic rings. The predicted octanol–water partition coefficient (Wildman–Crippen LogP) is 7.49. The summed E-state index contributed by atoms with van der Waals surface area (Å²) < 4.78 is 60.9. The van der Waals surface area contributed by atoms with Crippen molar-refractivity contribution in [2.45, 2.75) is 45.7 Å². The lowest BCUT2D eigenvalue weighted by Crippen LogP contribution is -2.10. The van der Waals surface area contributed by atoms with Crippen LogP contribution >= 0.6 is 11.3 Å². The fraction of sp³-hybridized carbons (Fsp3) is 0.417. The van der Waals surface area contributed by atoms with Crippen LogP contribution in [0.3, 0.4) is 0 Å². The first kappa shape index (κ1) is 25.1. The summed E-state index contributed by atoms with van der Waals surface area (Å²) in [4.78, 5) is 8.13. The van der Waals surface area contributed by atoms with Crippen LogP contribution in [-0.4, -0.2) is 23.2 Å². The summed E-state index contributed by atoms with van der Waals surface area (Å²) in [6.45, 7) is 5.46. The number of aryl methyl sites for hydroxylation is 1. The van der Waals surface area contributed by atoms with E-state index in [4.69, 9.17) is 4.74 Å². The number of rotatable bonds is 11. The van der Waals surface area contributed by atoms with Crippen LogP contribution in [-0.2, 0) is 17.3 Å². The van der Waals surface area contributed by atoms with Crippen molar-refractivity contribution < 1.29 is 22.3 Å². The molecule has 0 aliphatic carbocycles. The van der Waals surface area contributed by atoms with Crippen molar-refractivity contribution >= 4 is 22.2 Å². The molecule has 4 nitrogen and oxygen atoms in total. The minimum atomic E-state index is -4.48. The fourth-order valence-electron chi connectivity index (χ4n) is 3.31. The highest BCUT2D eigenvalue weighted by molar-refractivity contribution is 7.14. The predicted molar refractivity (Wildman–Crippen MR) is 123 cm³/mol. The highest BCUT2D eigenvalue weighted by atomic mass is 32.1. The van der Waals surface area contributed by atoms with Crippen molar-refractivity contribution in [2.24, 2.45) is 5.92 Å². The van der Waals surface area contributed by atoms with Gasteiger partial charge in [0.2, 0.25) is 5.13 Å². The van der Waals surface area contributed by atoms with Crippen LogP contribution in [0.5, 0.6) is 0 Å². The Bertz CT molecular complexity index is 1020. The average Bonchev–Trinajstić information content (AvgIpc) is 3.13. The van der Waals surface area contributed by atoms with Gasteiger partial charge in [-0.1, -0.05) is 37.7 Å². The quantitative estimate of drug-likeness (QED) is 0.228. The van der Waals surface area contributed by atoms with Crippen LogP contribution in [0.4, 0.5) is 28.4 Å². The molecule has 0 saturated carbocycles. The molecule has 3 aromatic rings. The molecule has 0 fully saturated rings. The van der Waals surface area contributed by atoms with Gasteiger partial charge in [0.25, 0.3) is 0 Å². The lowest BCUT2D eigenvalue weighted by atomic mass is 10.00. The zero-order chi connectivity index (χ0) is 23.8. The smallest absolute Gasteiger partial charge is 0.381 e. The first-order chi connectivity index (χ1) is 15.7. The molecule has 3 rings (SSSR count). The normalized spacial score (nSPS) is 11.8. The Morgan fingerprint density at radius 2 is 1.94 bits per heavy atom. The molecule has 2 heterocycles. The Balaban J connectivity index is 1.65. The molecule has 33 heavy (non-hydrogen) atoms. The van der Waals surface area contributed by atoms with Gasteiger partial charge in [-0.2, -0.15) is 17.6 Å². The molecule has 0 aliphatic heterocycles. The number of ether oxygens (including phenoxy) is 1. The summed E-state index contributed by atoms with van der Waals surface area (Å²) in [6.07, 6.45) is 1.15. The molecule has 0 unspecified atom stereocenters. The number of alkyl halides is 3. The van der Waals surface area contributed by atoms with E-state index in [9.17, 15) is 17.6 Å². The summed E-state index contributed by atoms with van der Waals surface area (Å²) in [7, 11) is 0. The number of thiazole rings is 1. The molecule has 0 spiro atoms. The maximum atomic E-state index is 14.3. The number of halogens is 4. The third kappa shape index (κ3) is 7.50. The number of benzene rings is 1. The molecule has 0 radical (unpaired) electrons. The topological polar surface area (TPSA) is 47.0 Å². The van der Waals surface area contributed by atoms with E-state index in [1.165, 1.54) is 12.3 Å². The van der Waals surface area contributed by atoms with Gasteiger partial charge in [0.05, 0.1) is 5.56 Å². The number of hydrogen-bond acceptors (Lipinski definition) is 5. The van der Waals surface area contributed by atoms with E-state index in [0.717, 1.165) is 30.2 Å². The van der Waals surface area contributed by atoms with Crippen LogP contribution < -0.4 is 5.32 Å². The van der Waals surface area contributed by atoms with Crippen molar-refractivity contribution in [3.8, 4) is 11.3 Å². The maximum absolute atomic E-state index is 14.3. The van der Waals surface area contributed by atoms with Gasteiger partial charge in [-0.05, 0) is 55.0 Å². The molecule has 0 bridgehead atoms. The lowest BCUT2D eigenvalue weighted by molar-refractivity contribution is -0.138. The van der Waals surface area contributed by atoms with Gasteiger partial charge in [0.15, 0.2) is 5.13 Å². The van der Waals surface area contributed by atoms with Gasteiger partial charge < -0.3 is 10.1 Å². The van der Waals surface area contributed by atoms with Crippen molar-refractivity contribution in [1.29, 1.82) is 0 Å². The lowest BCUT2D eigenvalue weighted by Gasteiger charge is -2.15. The molecule has 178 valence electrons. The number of nitrogens with one attached hydrogen (secondary N) is 1. The van der Waals surface area contributed by atoms with Crippen LogP contribution in [0.2, 0.25) is 0 Å². The third-order valence-electron chi connectivity index (χ3n) is 4.87. The monoisotopic (exact) mass is 481 g/mol. The Labute approximate surface area is 195 Å². The second-order valence-corrected chi connectivity index (χ2v) is 9.11. The van der Waals surface area contributed by atoms with E-state index in [1.807, 2.05) is 0 Å². The molecule has 0 atom stereocenters. The molecule has 1 aromatic carbocycles. The number of anilines is 2. The first-order valence-corrected chi connectivity index (χ1v) is 11.7. The summed E-state index contributed by atoms with van der Waals surface area (Å²) in [5, 5.41) is 2.45. The van der Waals surface area contributed by atoms with E-state index in [2.05, 4.69) is 29.1 Å². The fourth-order valence-corrected chi connectivity index (χ4v) is 4.05. The van der Waals surface area contributed by atoms with E-state index < -0.39 is 16.9 Å². The Morgan fingerprint density at radius 1 is 1.12 bits per heavy atom. The molecular formula is C24H27F4N3OS. The Kier molecular flexibility index (Phi) is 8.80. The van der Waals surface area contributed by atoms with Crippen molar-refractivity contribution in [3.63, 3.8) is 0 Å². The van der Waals surface area contributed by atoms with E-state index in [1.54, 1.807) is 24.4 Å². The van der Waals surface area contributed by atoms with Gasteiger partial charge in [-0.3, -0.25) is 4.98 Å². The summed E-state index contributed by atoms with van der Waals surface area (Å²) in [6, 6.07) is 7.44. The largest absolute Gasteiger partial charge is 0.416 e. The molecule has 0 amide bonds. The molecule has 2 aromatic heterocycles. The van der Waals surface area contributed by atoms with E-state index in [-0.39, 0.29) is 22.1 Å². The van der Waals surface area contributed by atoms with E-state index >= 15 is 0 Å². The standard InChI is InChI=1S/C24H27F4N3OS/c1-16(2)15-32-12-5-3-4-7-17-9-10-19(13-20(17)24(26,27)28)30-23-31-21(22(25)33-23)18-8-6-11-29-14-18/h6,8-11,13-14,16H,3-5,7,12,15H2,1-2H3,(H,30,31). The SMILES string of the molecule is CC(C)COCCCCCc1ccc(Nc2nc(-c3cccnc3)c(F)s2)cc1C(F)(F)F. The van der Waals surface area contributed by atoms with Crippen LogP contribution in [0.1, 0.15) is 44.2 Å². The number of unbranched alkanes of at least 4 members (excludes halogenated alkanes) is 2. The first-order valence-electron chi connectivity index (χ1n) is 10.9. The summed E-state index contributed by atoms with van der Waals surface area (Å²) >= 11 is 0.737. The molecular weight excluding hydrogens is 454 g/mol. The van der Waals surface area contributed by atoms with Crippen LogP contribution in [0.15, 0.2) is 42.7 Å². The average molecular weight is 482 g/mol. The van der Waals surface area contributed by atoms with Crippen LogP contribution in [0.25, 0.3) is 11.3 Å². The second kappa shape index (κ2) is 11.6.